The van der Waals surface area contributed by atoms with Crippen molar-refractivity contribution in [1.82, 2.24) is 15.1 Å². The molecule has 104 valence electrons. The second kappa shape index (κ2) is 6.94. The van der Waals surface area contributed by atoms with Gasteiger partial charge in [0, 0.05) is 18.3 Å². The van der Waals surface area contributed by atoms with Gasteiger partial charge >= 0.3 is 5.97 Å². The van der Waals surface area contributed by atoms with Gasteiger partial charge in [-0.05, 0) is 20.8 Å². The van der Waals surface area contributed by atoms with E-state index in [0.717, 1.165) is 0 Å². The second-order valence-electron chi connectivity index (χ2n) is 3.69. The van der Waals surface area contributed by atoms with Crippen LogP contribution >= 0.6 is 11.6 Å². The van der Waals surface area contributed by atoms with Gasteiger partial charge in [0.1, 0.15) is 5.69 Å². The molecule has 0 fully saturated rings. The van der Waals surface area contributed by atoms with E-state index in [4.69, 9.17) is 16.3 Å². The Balaban J connectivity index is 2.79. The minimum absolute atomic E-state index is 0.265. The molecule has 0 bridgehead atoms. The van der Waals surface area contributed by atoms with Gasteiger partial charge in [-0.15, -0.1) is 0 Å². The lowest BCUT2D eigenvalue weighted by Gasteiger charge is -2.07. The summed E-state index contributed by atoms with van der Waals surface area (Å²) in [5, 5.41) is 6.80. The minimum Gasteiger partial charge on any atom is -0.463 e. The van der Waals surface area contributed by atoms with Crippen LogP contribution in [-0.4, -0.2) is 28.3 Å². The summed E-state index contributed by atoms with van der Waals surface area (Å²) in [7, 11) is 0. The van der Waals surface area contributed by atoms with E-state index >= 15 is 0 Å². The number of aryl methyl sites for hydroxylation is 1. The number of ether oxygens (including phenoxy) is 1. The number of carbonyl (C=O) groups is 2. The highest BCUT2D eigenvalue weighted by Crippen LogP contribution is 2.15. The average Bonchev–Trinajstić information content (AvgIpc) is 2.70. The maximum absolute atomic E-state index is 12.0. The highest BCUT2D eigenvalue weighted by molar-refractivity contribution is 6.33. The predicted molar refractivity (Wildman–Crippen MR) is 70.8 cm³/mol. The zero-order valence-corrected chi connectivity index (χ0v) is 11.8. The summed E-state index contributed by atoms with van der Waals surface area (Å²) in [6.45, 7) is 5.96. The summed E-state index contributed by atoms with van der Waals surface area (Å²) in [5.74, 6) is -0.919. The number of carbonyl (C=O) groups excluding carboxylic acids is 2. The van der Waals surface area contributed by atoms with E-state index in [9.17, 15) is 9.59 Å². The number of hydrogen-bond donors (Lipinski definition) is 1. The van der Waals surface area contributed by atoms with Crippen LogP contribution in [0.15, 0.2) is 18.0 Å². The number of nitrogens with zero attached hydrogens (tertiary/aromatic N) is 2. The molecular weight excluding hydrogens is 270 g/mol. The standard InChI is InChI=1S/C12H16ClN3O3/c1-4-16-11(9(13)7-14-16)12(18)15-8(3)6-10(17)19-5-2/h6-7H,4-5H2,1-3H3,(H,15,18)/b8-6+. The van der Waals surface area contributed by atoms with E-state index in [1.54, 1.807) is 13.8 Å². The van der Waals surface area contributed by atoms with Gasteiger partial charge in [0.2, 0.25) is 0 Å². The van der Waals surface area contributed by atoms with E-state index < -0.39 is 11.9 Å². The van der Waals surface area contributed by atoms with Crippen molar-refractivity contribution in [3.63, 3.8) is 0 Å². The number of allylic oxidation sites excluding steroid dienone is 1. The molecule has 19 heavy (non-hydrogen) atoms. The molecule has 1 aromatic rings. The third-order valence-corrected chi connectivity index (χ3v) is 2.52. The number of esters is 1. The molecule has 0 aliphatic heterocycles. The first-order valence-corrected chi connectivity index (χ1v) is 6.25. The van der Waals surface area contributed by atoms with Gasteiger partial charge in [-0.1, -0.05) is 11.6 Å². The van der Waals surface area contributed by atoms with Crippen molar-refractivity contribution in [2.45, 2.75) is 27.3 Å². The maximum atomic E-state index is 12.0. The van der Waals surface area contributed by atoms with Crippen LogP contribution in [0.2, 0.25) is 5.02 Å². The SMILES string of the molecule is CCOC(=O)/C=C(\C)NC(=O)c1c(Cl)cnn1CC. The minimum atomic E-state index is -0.504. The van der Waals surface area contributed by atoms with E-state index in [1.807, 2.05) is 6.92 Å². The Morgan fingerprint density at radius 1 is 1.53 bits per heavy atom. The molecule has 0 saturated heterocycles. The number of aromatic nitrogens is 2. The quantitative estimate of drug-likeness (QED) is 0.661. The van der Waals surface area contributed by atoms with Crippen LogP contribution in [-0.2, 0) is 16.1 Å². The highest BCUT2D eigenvalue weighted by Gasteiger charge is 2.17. The molecule has 6 nitrogen and oxygen atoms in total. The largest absolute Gasteiger partial charge is 0.463 e. The summed E-state index contributed by atoms with van der Waals surface area (Å²) in [6, 6.07) is 0. The summed E-state index contributed by atoms with van der Waals surface area (Å²) < 4.78 is 6.22. The summed E-state index contributed by atoms with van der Waals surface area (Å²) >= 11 is 5.90. The van der Waals surface area contributed by atoms with Crippen LogP contribution in [0.1, 0.15) is 31.3 Å². The zero-order valence-electron chi connectivity index (χ0n) is 11.1. The molecule has 7 heteroatoms. The third-order valence-electron chi connectivity index (χ3n) is 2.24. The molecule has 1 aromatic heterocycles. The number of nitrogens with one attached hydrogen (secondary N) is 1. The Kier molecular flexibility index (Phi) is 5.57. The average molecular weight is 286 g/mol. The smallest absolute Gasteiger partial charge is 0.332 e. The fourth-order valence-corrected chi connectivity index (χ4v) is 1.69. The van der Waals surface area contributed by atoms with Crippen molar-refractivity contribution in [2.75, 3.05) is 6.61 Å². The van der Waals surface area contributed by atoms with Crippen molar-refractivity contribution in [3.8, 4) is 0 Å². The number of rotatable bonds is 5. The molecule has 0 radical (unpaired) electrons. The molecule has 0 aromatic carbocycles. The Bertz CT molecular complexity index is 508. The molecule has 0 aliphatic carbocycles. The van der Waals surface area contributed by atoms with Crippen LogP contribution in [0.5, 0.6) is 0 Å². The summed E-state index contributed by atoms with van der Waals surface area (Å²) in [4.78, 5) is 23.2. The molecule has 1 amide bonds. The fourth-order valence-electron chi connectivity index (χ4n) is 1.46. The molecule has 1 N–H and O–H groups in total. The van der Waals surface area contributed by atoms with Gasteiger partial charge in [0.15, 0.2) is 0 Å². The van der Waals surface area contributed by atoms with Gasteiger partial charge in [0.05, 0.1) is 17.8 Å². The van der Waals surface area contributed by atoms with Gasteiger partial charge in [-0.2, -0.15) is 5.10 Å². The van der Waals surface area contributed by atoms with E-state index in [-0.39, 0.29) is 17.3 Å². The Morgan fingerprint density at radius 3 is 2.79 bits per heavy atom. The van der Waals surface area contributed by atoms with Crippen molar-refractivity contribution in [3.05, 3.63) is 28.7 Å². The molecule has 1 heterocycles. The first kappa shape index (κ1) is 15.2. The fraction of sp³-hybridized carbons (Fsp3) is 0.417. The van der Waals surface area contributed by atoms with E-state index in [2.05, 4.69) is 10.4 Å². The lowest BCUT2D eigenvalue weighted by molar-refractivity contribution is -0.137. The Morgan fingerprint density at radius 2 is 2.21 bits per heavy atom. The lowest BCUT2D eigenvalue weighted by Crippen LogP contribution is -2.25. The van der Waals surface area contributed by atoms with Crippen molar-refractivity contribution in [1.29, 1.82) is 0 Å². The molecular formula is C12H16ClN3O3. The maximum Gasteiger partial charge on any atom is 0.332 e. The predicted octanol–water partition coefficient (Wildman–Crippen LogP) is 1.75. The Labute approximate surface area is 116 Å². The molecule has 1 rings (SSSR count). The summed E-state index contributed by atoms with van der Waals surface area (Å²) in [5.41, 5.74) is 0.643. The van der Waals surface area contributed by atoms with Crippen LogP contribution in [0.3, 0.4) is 0 Å². The number of amides is 1. The van der Waals surface area contributed by atoms with Crippen LogP contribution in [0.25, 0.3) is 0 Å². The zero-order chi connectivity index (χ0) is 14.4. The molecule has 0 spiro atoms. The monoisotopic (exact) mass is 285 g/mol. The van der Waals surface area contributed by atoms with Crippen LogP contribution < -0.4 is 5.32 Å². The number of halogens is 1. The van der Waals surface area contributed by atoms with Crippen LogP contribution in [0.4, 0.5) is 0 Å². The van der Waals surface area contributed by atoms with Crippen LogP contribution in [0, 0.1) is 0 Å². The van der Waals surface area contributed by atoms with Gasteiger partial charge in [0.25, 0.3) is 5.91 Å². The van der Waals surface area contributed by atoms with Crippen molar-refractivity contribution >= 4 is 23.5 Å². The van der Waals surface area contributed by atoms with Gasteiger partial charge in [-0.25, -0.2) is 4.79 Å². The molecule has 0 aliphatic rings. The lowest BCUT2D eigenvalue weighted by atomic mass is 10.3. The van der Waals surface area contributed by atoms with Crippen molar-refractivity contribution in [2.24, 2.45) is 0 Å². The third kappa shape index (κ3) is 4.10. The van der Waals surface area contributed by atoms with Gasteiger partial charge in [-0.3, -0.25) is 9.48 Å². The molecule has 0 atom stereocenters. The topological polar surface area (TPSA) is 73.2 Å². The second-order valence-corrected chi connectivity index (χ2v) is 4.10. The van der Waals surface area contributed by atoms with Crippen molar-refractivity contribution < 1.29 is 14.3 Å². The molecule has 0 saturated carbocycles. The normalized spacial score (nSPS) is 11.3. The summed E-state index contributed by atoms with van der Waals surface area (Å²) in [6.07, 6.45) is 2.62. The first-order valence-electron chi connectivity index (χ1n) is 5.87. The number of hydrogen-bond acceptors (Lipinski definition) is 4. The van der Waals surface area contributed by atoms with Gasteiger partial charge < -0.3 is 10.1 Å². The van der Waals surface area contributed by atoms with E-state index in [0.29, 0.717) is 12.2 Å². The highest BCUT2D eigenvalue weighted by atomic mass is 35.5. The van der Waals surface area contributed by atoms with E-state index in [1.165, 1.54) is 17.0 Å². The molecule has 0 unspecified atom stereocenters. The Hall–Kier alpha value is -1.82. The first-order chi connectivity index (χ1) is 8.99.